The van der Waals surface area contributed by atoms with Crippen LogP contribution >= 0.6 is 0 Å². The Morgan fingerprint density at radius 2 is 2.06 bits per heavy atom. The van der Waals surface area contributed by atoms with Gasteiger partial charge in [-0.2, -0.15) is 0 Å². The largest absolute Gasteiger partial charge is 0.480 e. The van der Waals surface area contributed by atoms with Crippen molar-refractivity contribution in [2.24, 2.45) is 5.92 Å². The zero-order chi connectivity index (χ0) is 13.7. The molecule has 0 fully saturated rings. The van der Waals surface area contributed by atoms with Crippen molar-refractivity contribution in [3.05, 3.63) is 30.1 Å². The second kappa shape index (κ2) is 6.14. The molecule has 1 N–H and O–H groups in total. The van der Waals surface area contributed by atoms with E-state index in [9.17, 15) is 14.7 Å². The molecule has 0 bridgehead atoms. The standard InChI is InChI=1S/C13H18N2O3/c1-9(2)8-11(13(17)18)15(3)12(16)10-6-4-5-7-14-10/h4-7,9,11H,8H2,1-3H3,(H,17,18). The van der Waals surface area contributed by atoms with Crippen LogP contribution in [0.3, 0.4) is 0 Å². The first kappa shape index (κ1) is 14.2. The maximum atomic E-state index is 12.1. The minimum atomic E-state index is -0.990. The molecular formula is C13H18N2O3. The van der Waals surface area contributed by atoms with Gasteiger partial charge in [0.2, 0.25) is 0 Å². The Labute approximate surface area is 106 Å². The van der Waals surface area contributed by atoms with Gasteiger partial charge in [0.25, 0.3) is 5.91 Å². The minimum Gasteiger partial charge on any atom is -0.480 e. The van der Waals surface area contributed by atoms with E-state index in [4.69, 9.17) is 0 Å². The van der Waals surface area contributed by atoms with Crippen molar-refractivity contribution in [3.63, 3.8) is 0 Å². The van der Waals surface area contributed by atoms with E-state index in [0.717, 1.165) is 0 Å². The molecule has 1 aromatic heterocycles. The van der Waals surface area contributed by atoms with Gasteiger partial charge in [-0.05, 0) is 24.5 Å². The quantitative estimate of drug-likeness (QED) is 0.862. The zero-order valence-electron chi connectivity index (χ0n) is 10.8. The van der Waals surface area contributed by atoms with Crippen LogP contribution in [-0.4, -0.2) is 40.0 Å². The van der Waals surface area contributed by atoms with Gasteiger partial charge in [0, 0.05) is 13.2 Å². The van der Waals surface area contributed by atoms with E-state index in [-0.39, 0.29) is 17.5 Å². The normalized spacial score (nSPS) is 12.2. The number of rotatable bonds is 5. The Balaban J connectivity index is 2.86. The molecule has 18 heavy (non-hydrogen) atoms. The lowest BCUT2D eigenvalue weighted by Crippen LogP contribution is -2.43. The number of hydrogen-bond acceptors (Lipinski definition) is 3. The second-order valence-corrected chi connectivity index (χ2v) is 4.61. The van der Waals surface area contributed by atoms with Crippen LogP contribution < -0.4 is 0 Å². The molecule has 0 aromatic carbocycles. The van der Waals surface area contributed by atoms with Gasteiger partial charge in [-0.25, -0.2) is 4.79 Å². The highest BCUT2D eigenvalue weighted by Gasteiger charge is 2.28. The summed E-state index contributed by atoms with van der Waals surface area (Å²) >= 11 is 0. The summed E-state index contributed by atoms with van der Waals surface area (Å²) in [4.78, 5) is 28.4. The predicted molar refractivity (Wildman–Crippen MR) is 67.2 cm³/mol. The first-order valence-electron chi connectivity index (χ1n) is 5.84. The first-order valence-corrected chi connectivity index (χ1v) is 5.84. The summed E-state index contributed by atoms with van der Waals surface area (Å²) in [5.41, 5.74) is 0.259. The van der Waals surface area contributed by atoms with Gasteiger partial charge in [-0.15, -0.1) is 0 Å². The molecule has 0 aliphatic carbocycles. The molecule has 1 amide bonds. The van der Waals surface area contributed by atoms with Crippen LogP contribution in [0, 0.1) is 5.92 Å². The number of aliphatic carboxylic acids is 1. The van der Waals surface area contributed by atoms with Gasteiger partial charge in [0.15, 0.2) is 0 Å². The summed E-state index contributed by atoms with van der Waals surface area (Å²) in [5, 5.41) is 9.17. The van der Waals surface area contributed by atoms with E-state index in [0.29, 0.717) is 6.42 Å². The van der Waals surface area contributed by atoms with Crippen molar-refractivity contribution in [2.45, 2.75) is 26.3 Å². The molecule has 0 saturated carbocycles. The maximum absolute atomic E-state index is 12.1. The third kappa shape index (κ3) is 3.55. The molecule has 0 saturated heterocycles. The number of amides is 1. The molecule has 0 radical (unpaired) electrons. The molecule has 1 unspecified atom stereocenters. The lowest BCUT2D eigenvalue weighted by molar-refractivity contribution is -0.142. The summed E-state index contributed by atoms with van der Waals surface area (Å²) in [6.07, 6.45) is 1.93. The fraction of sp³-hybridized carbons (Fsp3) is 0.462. The average Bonchev–Trinajstić information content (AvgIpc) is 2.34. The van der Waals surface area contributed by atoms with Crippen LogP contribution in [0.5, 0.6) is 0 Å². The molecule has 5 heteroatoms. The van der Waals surface area contributed by atoms with Crippen molar-refractivity contribution in [3.8, 4) is 0 Å². The number of pyridine rings is 1. The number of carboxylic acid groups (broad SMARTS) is 1. The summed E-state index contributed by atoms with van der Waals surface area (Å²) in [5.74, 6) is -1.16. The van der Waals surface area contributed by atoms with E-state index in [1.807, 2.05) is 13.8 Å². The number of aromatic nitrogens is 1. The second-order valence-electron chi connectivity index (χ2n) is 4.61. The molecule has 1 rings (SSSR count). The van der Waals surface area contributed by atoms with Crippen LogP contribution in [0.15, 0.2) is 24.4 Å². The fourth-order valence-corrected chi connectivity index (χ4v) is 1.68. The summed E-state index contributed by atoms with van der Waals surface area (Å²) in [6.45, 7) is 3.85. The SMILES string of the molecule is CC(C)CC(C(=O)O)N(C)C(=O)c1ccccn1. The highest BCUT2D eigenvalue weighted by molar-refractivity contribution is 5.94. The Kier molecular flexibility index (Phi) is 4.83. The third-order valence-electron chi connectivity index (χ3n) is 2.65. The molecule has 0 aliphatic heterocycles. The number of hydrogen-bond donors (Lipinski definition) is 1. The van der Waals surface area contributed by atoms with Crippen LogP contribution in [0.2, 0.25) is 0 Å². The molecule has 1 aromatic rings. The summed E-state index contributed by atoms with van der Waals surface area (Å²) in [7, 11) is 1.50. The predicted octanol–water partition coefficient (Wildman–Crippen LogP) is 1.65. The fourth-order valence-electron chi connectivity index (χ4n) is 1.68. The highest BCUT2D eigenvalue weighted by atomic mass is 16.4. The van der Waals surface area contributed by atoms with Gasteiger partial charge >= 0.3 is 5.97 Å². The van der Waals surface area contributed by atoms with E-state index < -0.39 is 12.0 Å². The molecular weight excluding hydrogens is 232 g/mol. The summed E-state index contributed by atoms with van der Waals surface area (Å²) < 4.78 is 0. The van der Waals surface area contributed by atoms with Gasteiger partial charge < -0.3 is 10.0 Å². The number of nitrogens with zero attached hydrogens (tertiary/aromatic N) is 2. The van der Waals surface area contributed by atoms with Crippen molar-refractivity contribution in [2.75, 3.05) is 7.05 Å². The monoisotopic (exact) mass is 250 g/mol. The highest BCUT2D eigenvalue weighted by Crippen LogP contribution is 2.13. The smallest absolute Gasteiger partial charge is 0.326 e. The van der Waals surface area contributed by atoms with Crippen molar-refractivity contribution in [1.29, 1.82) is 0 Å². The van der Waals surface area contributed by atoms with Crippen molar-refractivity contribution in [1.82, 2.24) is 9.88 Å². The molecule has 5 nitrogen and oxygen atoms in total. The number of likely N-dealkylation sites (N-methyl/N-ethyl adjacent to an activating group) is 1. The molecule has 1 heterocycles. The zero-order valence-corrected chi connectivity index (χ0v) is 10.8. The Hall–Kier alpha value is -1.91. The van der Waals surface area contributed by atoms with E-state index in [1.165, 1.54) is 18.1 Å². The van der Waals surface area contributed by atoms with Crippen LogP contribution in [0.1, 0.15) is 30.8 Å². The number of carboxylic acids is 1. The molecule has 98 valence electrons. The number of carbonyl (C=O) groups excluding carboxylic acids is 1. The van der Waals surface area contributed by atoms with Gasteiger partial charge in [-0.3, -0.25) is 9.78 Å². The minimum absolute atomic E-state index is 0.199. The third-order valence-corrected chi connectivity index (χ3v) is 2.65. The average molecular weight is 250 g/mol. The Morgan fingerprint density at radius 3 is 2.50 bits per heavy atom. The van der Waals surface area contributed by atoms with Crippen LogP contribution in [0.4, 0.5) is 0 Å². The van der Waals surface area contributed by atoms with E-state index in [1.54, 1.807) is 18.2 Å². The van der Waals surface area contributed by atoms with Crippen LogP contribution in [-0.2, 0) is 4.79 Å². The van der Waals surface area contributed by atoms with Gasteiger partial charge in [0.1, 0.15) is 11.7 Å². The number of carbonyl (C=O) groups is 2. The maximum Gasteiger partial charge on any atom is 0.326 e. The van der Waals surface area contributed by atoms with E-state index >= 15 is 0 Å². The lowest BCUT2D eigenvalue weighted by atomic mass is 10.0. The molecule has 0 aliphatic rings. The molecule has 1 atom stereocenters. The lowest BCUT2D eigenvalue weighted by Gasteiger charge is -2.25. The van der Waals surface area contributed by atoms with Gasteiger partial charge in [-0.1, -0.05) is 19.9 Å². The van der Waals surface area contributed by atoms with Crippen molar-refractivity contribution >= 4 is 11.9 Å². The topological polar surface area (TPSA) is 70.5 Å². The molecule has 0 spiro atoms. The van der Waals surface area contributed by atoms with Gasteiger partial charge in [0.05, 0.1) is 0 Å². The first-order chi connectivity index (χ1) is 8.43. The van der Waals surface area contributed by atoms with Crippen LogP contribution in [0.25, 0.3) is 0 Å². The summed E-state index contributed by atoms with van der Waals surface area (Å²) in [6, 6.07) is 4.17. The Bertz CT molecular complexity index is 418. The van der Waals surface area contributed by atoms with E-state index in [2.05, 4.69) is 4.98 Å². The van der Waals surface area contributed by atoms with Crippen molar-refractivity contribution < 1.29 is 14.7 Å². The Morgan fingerprint density at radius 1 is 1.39 bits per heavy atom.